The molecule has 4 heteroatoms. The highest BCUT2D eigenvalue weighted by Crippen LogP contribution is 2.09. The predicted octanol–water partition coefficient (Wildman–Crippen LogP) is 2.96. The first kappa shape index (κ1) is 18.1. The molecule has 1 amide bonds. The van der Waals surface area contributed by atoms with Crippen LogP contribution in [0.5, 0.6) is 0 Å². The Hall–Kier alpha value is -1.94. The van der Waals surface area contributed by atoms with E-state index in [4.69, 9.17) is 5.11 Å². The third kappa shape index (κ3) is 6.68. The monoisotopic (exact) mass is 303 g/mol. The average Bonchev–Trinajstić information content (AvgIpc) is 2.54. The van der Waals surface area contributed by atoms with E-state index in [9.17, 15) is 9.59 Å². The Morgan fingerprint density at radius 1 is 1.36 bits per heavy atom. The minimum Gasteiger partial charge on any atom is -0.394 e. The molecule has 0 aliphatic heterocycles. The Morgan fingerprint density at radius 2 is 2.14 bits per heavy atom. The van der Waals surface area contributed by atoms with Gasteiger partial charge in [0.25, 0.3) is 5.91 Å². The summed E-state index contributed by atoms with van der Waals surface area (Å²) < 4.78 is 0. The Balaban J connectivity index is 2.53. The summed E-state index contributed by atoms with van der Waals surface area (Å²) in [6, 6.07) is 7.06. The van der Waals surface area contributed by atoms with Crippen molar-refractivity contribution in [1.82, 2.24) is 5.32 Å². The summed E-state index contributed by atoms with van der Waals surface area (Å²) in [6.45, 7) is 3.55. The maximum absolute atomic E-state index is 12.0. The molecule has 1 rings (SSSR count). The van der Waals surface area contributed by atoms with Crippen LogP contribution in [0.15, 0.2) is 30.3 Å². The van der Waals surface area contributed by atoms with Crippen LogP contribution in [0.2, 0.25) is 0 Å². The van der Waals surface area contributed by atoms with E-state index in [1.807, 2.05) is 37.3 Å². The molecule has 0 radical (unpaired) electrons. The number of carbonyl (C=O) groups is 2. The van der Waals surface area contributed by atoms with E-state index in [0.29, 0.717) is 24.2 Å². The van der Waals surface area contributed by atoms with Gasteiger partial charge in [-0.25, -0.2) is 0 Å². The van der Waals surface area contributed by atoms with Crippen molar-refractivity contribution in [3.05, 3.63) is 41.5 Å². The number of aliphatic hydroxyl groups excluding tert-OH is 1. The maximum atomic E-state index is 12.0. The SMILES string of the molecule is CCC(=O)CCC/C=C\c1cccc(C(=O)N[C@H](C)CO)c1. The fourth-order valence-electron chi connectivity index (χ4n) is 1.95. The Morgan fingerprint density at radius 3 is 2.82 bits per heavy atom. The van der Waals surface area contributed by atoms with E-state index in [0.717, 1.165) is 18.4 Å². The van der Waals surface area contributed by atoms with Gasteiger partial charge in [0.15, 0.2) is 0 Å². The third-order valence-electron chi connectivity index (χ3n) is 3.33. The minimum atomic E-state index is -0.261. The lowest BCUT2D eigenvalue weighted by Gasteiger charge is -2.10. The van der Waals surface area contributed by atoms with Crippen LogP contribution in [-0.2, 0) is 4.79 Å². The van der Waals surface area contributed by atoms with E-state index < -0.39 is 0 Å². The van der Waals surface area contributed by atoms with Crippen molar-refractivity contribution in [2.45, 2.75) is 45.6 Å². The highest BCUT2D eigenvalue weighted by molar-refractivity contribution is 5.94. The van der Waals surface area contributed by atoms with Crippen LogP contribution in [0.25, 0.3) is 6.08 Å². The lowest BCUT2D eigenvalue weighted by Crippen LogP contribution is -2.34. The van der Waals surface area contributed by atoms with Gasteiger partial charge in [0, 0.05) is 24.4 Å². The molecule has 4 nitrogen and oxygen atoms in total. The number of amides is 1. The second-order valence-electron chi connectivity index (χ2n) is 5.37. The van der Waals surface area contributed by atoms with Crippen molar-refractivity contribution < 1.29 is 14.7 Å². The average molecular weight is 303 g/mol. The Bertz CT molecular complexity index is 523. The van der Waals surface area contributed by atoms with Gasteiger partial charge in [-0.05, 0) is 37.5 Å². The molecule has 0 aliphatic carbocycles. The number of aliphatic hydroxyl groups is 1. The van der Waals surface area contributed by atoms with E-state index >= 15 is 0 Å². The zero-order chi connectivity index (χ0) is 16.4. The zero-order valence-corrected chi connectivity index (χ0v) is 13.3. The number of benzene rings is 1. The number of ketones is 1. The number of nitrogens with one attached hydrogen (secondary N) is 1. The summed E-state index contributed by atoms with van der Waals surface area (Å²) in [5.74, 6) is 0.107. The predicted molar refractivity (Wildman–Crippen MR) is 88.6 cm³/mol. The summed E-state index contributed by atoms with van der Waals surface area (Å²) in [5.41, 5.74) is 1.52. The summed E-state index contributed by atoms with van der Waals surface area (Å²) >= 11 is 0. The molecule has 0 heterocycles. The van der Waals surface area contributed by atoms with Crippen LogP contribution in [0.1, 0.15) is 55.5 Å². The summed E-state index contributed by atoms with van der Waals surface area (Å²) in [4.78, 5) is 23.2. The maximum Gasteiger partial charge on any atom is 0.251 e. The van der Waals surface area contributed by atoms with Gasteiger partial charge in [-0.3, -0.25) is 9.59 Å². The first-order chi connectivity index (χ1) is 10.6. The van der Waals surface area contributed by atoms with Crippen molar-refractivity contribution in [3.63, 3.8) is 0 Å². The molecule has 0 aliphatic rings. The highest BCUT2D eigenvalue weighted by atomic mass is 16.3. The largest absolute Gasteiger partial charge is 0.394 e. The lowest BCUT2D eigenvalue weighted by molar-refractivity contribution is -0.118. The van der Waals surface area contributed by atoms with Crippen LogP contribution in [0.3, 0.4) is 0 Å². The first-order valence-corrected chi connectivity index (χ1v) is 7.76. The van der Waals surface area contributed by atoms with Crippen LogP contribution >= 0.6 is 0 Å². The van der Waals surface area contributed by atoms with Crippen molar-refractivity contribution in [2.75, 3.05) is 6.61 Å². The van der Waals surface area contributed by atoms with Gasteiger partial charge in [-0.1, -0.05) is 31.2 Å². The Labute approximate surface area is 132 Å². The molecule has 0 bridgehead atoms. The summed E-state index contributed by atoms with van der Waals surface area (Å²) in [7, 11) is 0. The lowest BCUT2D eigenvalue weighted by atomic mass is 10.1. The van der Waals surface area contributed by atoms with Crippen molar-refractivity contribution >= 4 is 17.8 Å². The van der Waals surface area contributed by atoms with Gasteiger partial charge < -0.3 is 10.4 Å². The number of unbranched alkanes of at least 4 members (excludes halogenated alkanes) is 1. The Kier molecular flexibility index (Phi) is 8.15. The van der Waals surface area contributed by atoms with Crippen molar-refractivity contribution in [3.8, 4) is 0 Å². The van der Waals surface area contributed by atoms with Crippen LogP contribution in [0.4, 0.5) is 0 Å². The molecule has 0 spiro atoms. The normalized spacial score (nSPS) is 12.3. The standard InChI is InChI=1S/C18H25NO3/c1-3-17(21)11-6-4-5-8-15-9-7-10-16(12-15)18(22)19-14(2)13-20/h5,7-10,12,14,20H,3-4,6,11,13H2,1-2H3,(H,19,22)/b8-5-/t14-/m1/s1. The molecule has 1 atom stereocenters. The number of allylic oxidation sites excluding steroid dienone is 1. The summed E-state index contributed by atoms with van der Waals surface area (Å²) in [6.07, 6.45) is 6.93. The molecule has 0 aromatic heterocycles. The van der Waals surface area contributed by atoms with Crippen LogP contribution in [-0.4, -0.2) is 29.4 Å². The van der Waals surface area contributed by atoms with Gasteiger partial charge in [-0.15, -0.1) is 0 Å². The molecule has 22 heavy (non-hydrogen) atoms. The fraction of sp³-hybridized carbons (Fsp3) is 0.444. The molecule has 2 N–H and O–H groups in total. The topological polar surface area (TPSA) is 66.4 Å². The van der Waals surface area contributed by atoms with Gasteiger partial charge >= 0.3 is 0 Å². The quantitative estimate of drug-likeness (QED) is 0.689. The van der Waals surface area contributed by atoms with Gasteiger partial charge in [0.1, 0.15) is 5.78 Å². The molecule has 1 aromatic rings. The summed E-state index contributed by atoms with van der Waals surface area (Å²) in [5, 5.41) is 11.7. The van der Waals surface area contributed by atoms with Gasteiger partial charge in [-0.2, -0.15) is 0 Å². The number of carbonyl (C=O) groups excluding carboxylic acids is 2. The minimum absolute atomic E-state index is 0.0815. The molecule has 120 valence electrons. The molecule has 0 unspecified atom stereocenters. The van der Waals surface area contributed by atoms with Crippen molar-refractivity contribution in [1.29, 1.82) is 0 Å². The number of hydrogen-bond acceptors (Lipinski definition) is 3. The van der Waals surface area contributed by atoms with Gasteiger partial charge in [0.05, 0.1) is 6.61 Å². The first-order valence-electron chi connectivity index (χ1n) is 7.76. The van der Waals surface area contributed by atoms with Crippen molar-refractivity contribution in [2.24, 2.45) is 0 Å². The third-order valence-corrected chi connectivity index (χ3v) is 3.33. The second-order valence-corrected chi connectivity index (χ2v) is 5.37. The van der Waals surface area contributed by atoms with E-state index in [2.05, 4.69) is 5.32 Å². The highest BCUT2D eigenvalue weighted by Gasteiger charge is 2.08. The second kappa shape index (κ2) is 9.90. The van der Waals surface area contributed by atoms with Gasteiger partial charge in [0.2, 0.25) is 0 Å². The zero-order valence-electron chi connectivity index (χ0n) is 13.3. The number of hydrogen-bond donors (Lipinski definition) is 2. The number of Topliss-reactive ketones (excluding diaryl/α,β-unsaturated/α-hetero) is 1. The molecular formula is C18H25NO3. The molecule has 0 saturated carbocycles. The number of rotatable bonds is 9. The molecule has 1 aromatic carbocycles. The van der Waals surface area contributed by atoms with E-state index in [-0.39, 0.29) is 18.6 Å². The molecule has 0 fully saturated rings. The van der Waals surface area contributed by atoms with E-state index in [1.165, 1.54) is 0 Å². The van der Waals surface area contributed by atoms with Crippen LogP contribution in [0, 0.1) is 0 Å². The smallest absolute Gasteiger partial charge is 0.251 e. The fourth-order valence-corrected chi connectivity index (χ4v) is 1.95. The van der Waals surface area contributed by atoms with Crippen LogP contribution < -0.4 is 5.32 Å². The molecule has 0 saturated heterocycles. The molecular weight excluding hydrogens is 278 g/mol. The van der Waals surface area contributed by atoms with E-state index in [1.54, 1.807) is 13.0 Å².